The molecule has 3 aromatic rings. The van der Waals surface area contributed by atoms with Crippen LogP contribution >= 0.6 is 0 Å². The van der Waals surface area contributed by atoms with Crippen LogP contribution in [-0.4, -0.2) is 44.7 Å². The summed E-state index contributed by atoms with van der Waals surface area (Å²) < 4.78 is 79.6. The smallest absolute Gasteiger partial charge is 0.269 e. The Morgan fingerprint density at radius 3 is 2.54 bits per heavy atom. The predicted octanol–water partition coefficient (Wildman–Crippen LogP) is 3.93. The highest BCUT2D eigenvalue weighted by Crippen LogP contribution is 2.64. The van der Waals surface area contributed by atoms with Crippen molar-refractivity contribution in [2.45, 2.75) is 58.1 Å². The highest BCUT2D eigenvalue weighted by Gasteiger charge is 2.66. The number of carbonyl (C=O) groups is 1. The third-order valence-electron chi connectivity index (χ3n) is 8.89. The molecule has 2 heterocycles. The Morgan fingerprint density at radius 2 is 1.95 bits per heavy atom. The minimum absolute atomic E-state index is 0.0451. The third kappa shape index (κ3) is 4.45. The molecule has 2 saturated carbocycles. The quantitative estimate of drug-likeness (QED) is 0.360. The third-order valence-corrected chi connectivity index (χ3v) is 10.3. The van der Waals surface area contributed by atoms with Crippen molar-refractivity contribution >= 4 is 15.9 Å². The summed E-state index contributed by atoms with van der Waals surface area (Å²) in [6.07, 6.45) is 5.78. The lowest BCUT2D eigenvalue weighted by molar-refractivity contribution is -0.128. The Bertz CT molecular complexity index is 1520. The van der Waals surface area contributed by atoms with Gasteiger partial charge in [-0.1, -0.05) is 26.8 Å². The minimum atomic E-state index is -4.62. The molecule has 13 heteroatoms. The highest BCUT2D eigenvalue weighted by molar-refractivity contribution is 7.86. The summed E-state index contributed by atoms with van der Waals surface area (Å²) in [5.41, 5.74) is -4.59. The molecule has 39 heavy (non-hydrogen) atoms. The van der Waals surface area contributed by atoms with Crippen LogP contribution < -0.4 is 0 Å². The van der Waals surface area contributed by atoms with Gasteiger partial charge in [0.15, 0.2) is 5.82 Å². The number of hydrogen-bond acceptors (Lipinski definition) is 8. The first-order valence-corrected chi connectivity index (χ1v) is 14.1. The van der Waals surface area contributed by atoms with Gasteiger partial charge in [-0.05, 0) is 30.2 Å². The van der Waals surface area contributed by atoms with Gasteiger partial charge in [0.25, 0.3) is 10.1 Å². The summed E-state index contributed by atoms with van der Waals surface area (Å²) >= 11 is 0. The first-order valence-electron chi connectivity index (χ1n) is 12.5. The van der Waals surface area contributed by atoms with E-state index in [0.29, 0.717) is 18.9 Å². The number of aromatic nitrogens is 5. The van der Waals surface area contributed by atoms with Crippen molar-refractivity contribution in [1.82, 2.24) is 24.7 Å². The van der Waals surface area contributed by atoms with Crippen molar-refractivity contribution < 1.29 is 30.6 Å². The van der Waals surface area contributed by atoms with E-state index in [1.165, 1.54) is 24.3 Å². The number of halogens is 3. The standard InChI is InChI=1S/C26H28F3N5O4S/c1-16(23-21(29)10-30-13-32-23)26(11-34-15-31-14-33-34,19-5-4-18(27)9-20(19)28)38-39(36,37)12-25-7-6-17(8-22(25)35)24(25,2)3/h4-5,9-10,13-17H,6-8,11-12H2,1-3H3/t16?,17?,25-,26?/m0/s1. The van der Waals surface area contributed by atoms with E-state index >= 15 is 8.78 Å². The van der Waals surface area contributed by atoms with E-state index in [4.69, 9.17) is 4.18 Å². The topological polar surface area (TPSA) is 117 Å². The van der Waals surface area contributed by atoms with Gasteiger partial charge < -0.3 is 0 Å². The van der Waals surface area contributed by atoms with Gasteiger partial charge in [0.1, 0.15) is 42.0 Å². The molecule has 2 fully saturated rings. The van der Waals surface area contributed by atoms with Crippen LogP contribution in [0.15, 0.2) is 43.4 Å². The second-order valence-corrected chi connectivity index (χ2v) is 12.6. The summed E-state index contributed by atoms with van der Waals surface area (Å²) in [4.78, 5) is 24.6. The molecule has 0 saturated heterocycles. The molecular formula is C26H28F3N5O4S. The van der Waals surface area contributed by atoms with Gasteiger partial charge in [0, 0.05) is 24.0 Å². The average Bonchev–Trinajstić information content (AvgIpc) is 3.49. The maximum atomic E-state index is 15.5. The molecule has 2 aliphatic carbocycles. The van der Waals surface area contributed by atoms with Crippen molar-refractivity contribution in [3.8, 4) is 0 Å². The largest absolute Gasteiger partial charge is 0.299 e. The van der Waals surface area contributed by atoms with E-state index in [2.05, 4.69) is 20.1 Å². The van der Waals surface area contributed by atoms with E-state index in [1.54, 1.807) is 0 Å². The highest BCUT2D eigenvalue weighted by atomic mass is 32.2. The van der Waals surface area contributed by atoms with Gasteiger partial charge >= 0.3 is 0 Å². The maximum Gasteiger partial charge on any atom is 0.269 e. The second-order valence-electron chi connectivity index (χ2n) is 11.0. The average molecular weight is 564 g/mol. The molecule has 5 rings (SSSR count). The Morgan fingerprint density at radius 1 is 1.18 bits per heavy atom. The lowest BCUT2D eigenvalue weighted by Crippen LogP contribution is -2.47. The minimum Gasteiger partial charge on any atom is -0.299 e. The van der Waals surface area contributed by atoms with Crippen molar-refractivity contribution in [2.24, 2.45) is 16.7 Å². The zero-order valence-electron chi connectivity index (χ0n) is 21.6. The van der Waals surface area contributed by atoms with Gasteiger partial charge in [-0.3, -0.25) is 8.98 Å². The lowest BCUT2D eigenvalue weighted by atomic mass is 9.70. The van der Waals surface area contributed by atoms with Crippen LogP contribution in [0, 0.1) is 34.2 Å². The molecule has 4 atom stereocenters. The molecule has 9 nitrogen and oxygen atoms in total. The van der Waals surface area contributed by atoms with E-state index in [1.807, 2.05) is 13.8 Å². The van der Waals surface area contributed by atoms with Gasteiger partial charge in [0.05, 0.1) is 29.6 Å². The fourth-order valence-electron chi connectivity index (χ4n) is 6.51. The van der Waals surface area contributed by atoms with Crippen molar-refractivity contribution in [2.75, 3.05) is 5.75 Å². The number of ketones is 1. The number of carbonyl (C=O) groups excluding carboxylic acids is 1. The SMILES string of the molecule is CC(c1ncncc1F)C(Cn1cncn1)(OS(=O)(=O)C[C@@]12CCC(CC1=O)C2(C)C)c1ccc(F)cc1F. The predicted molar refractivity (Wildman–Crippen MR) is 132 cm³/mol. The van der Waals surface area contributed by atoms with Crippen molar-refractivity contribution in [3.05, 3.63) is 72.1 Å². The monoisotopic (exact) mass is 563 g/mol. The zero-order chi connectivity index (χ0) is 28.2. The molecule has 0 aliphatic heterocycles. The summed E-state index contributed by atoms with van der Waals surface area (Å²) in [5, 5.41) is 4.03. The number of benzene rings is 1. The zero-order valence-corrected chi connectivity index (χ0v) is 22.5. The molecule has 2 aromatic heterocycles. The van der Waals surface area contributed by atoms with Crippen molar-refractivity contribution in [3.63, 3.8) is 0 Å². The summed E-state index contributed by atoms with van der Waals surface area (Å²) in [6.45, 7) is 4.74. The number of fused-ring (bicyclic) bond motifs is 2. The first kappa shape index (κ1) is 27.4. The summed E-state index contributed by atoms with van der Waals surface area (Å²) in [6, 6.07) is 2.60. The Labute approximate surface area is 224 Å². The fraction of sp³-hybridized carbons (Fsp3) is 0.500. The molecule has 0 N–H and O–H groups in total. The molecule has 1 aromatic carbocycles. The Kier molecular flexibility index (Phi) is 6.65. The van der Waals surface area contributed by atoms with Gasteiger partial charge in [-0.25, -0.2) is 32.8 Å². The summed E-state index contributed by atoms with van der Waals surface area (Å²) in [5.74, 6) is -4.89. The van der Waals surface area contributed by atoms with Crippen LogP contribution in [0.1, 0.15) is 57.2 Å². The van der Waals surface area contributed by atoms with Gasteiger partial charge in [-0.15, -0.1) is 0 Å². The first-order chi connectivity index (χ1) is 18.3. The second kappa shape index (κ2) is 9.47. The molecule has 0 radical (unpaired) electrons. The van der Waals surface area contributed by atoms with Crippen LogP contribution in [0.3, 0.4) is 0 Å². The van der Waals surface area contributed by atoms with E-state index in [-0.39, 0.29) is 29.4 Å². The number of nitrogens with zero attached hydrogens (tertiary/aromatic N) is 5. The molecule has 0 spiro atoms. The molecule has 2 aliphatic rings. The molecule has 208 valence electrons. The fourth-order valence-corrected chi connectivity index (χ4v) is 8.59. The van der Waals surface area contributed by atoms with E-state index in [9.17, 15) is 17.6 Å². The molecule has 3 unspecified atom stereocenters. The molecule has 0 amide bonds. The van der Waals surface area contributed by atoms with Gasteiger partial charge in [-0.2, -0.15) is 13.5 Å². The normalized spacial score (nSPS) is 24.6. The number of rotatable bonds is 9. The Balaban J connectivity index is 1.68. The lowest BCUT2D eigenvalue weighted by Gasteiger charge is -2.41. The Hall–Kier alpha value is -3.19. The number of hydrogen-bond donors (Lipinski definition) is 0. The van der Waals surface area contributed by atoms with Crippen LogP contribution in [-0.2, 0) is 31.2 Å². The maximum absolute atomic E-state index is 15.5. The number of Topliss-reactive ketones (excluding diaryl/α,β-unsaturated/α-hetero) is 1. The van der Waals surface area contributed by atoms with Crippen LogP contribution in [0.25, 0.3) is 0 Å². The summed E-state index contributed by atoms with van der Waals surface area (Å²) in [7, 11) is -4.62. The molecular weight excluding hydrogens is 535 g/mol. The molecule has 2 bridgehead atoms. The van der Waals surface area contributed by atoms with E-state index in [0.717, 1.165) is 24.7 Å². The van der Waals surface area contributed by atoms with Crippen LogP contribution in [0.5, 0.6) is 0 Å². The van der Waals surface area contributed by atoms with E-state index < -0.39 is 62.2 Å². The van der Waals surface area contributed by atoms with Gasteiger partial charge in [0.2, 0.25) is 0 Å². The van der Waals surface area contributed by atoms with Crippen LogP contribution in [0.4, 0.5) is 13.2 Å². The van der Waals surface area contributed by atoms with Crippen molar-refractivity contribution in [1.29, 1.82) is 0 Å². The van der Waals surface area contributed by atoms with Crippen LogP contribution in [0.2, 0.25) is 0 Å².